The zero-order valence-corrected chi connectivity index (χ0v) is 17.6. The Hall–Kier alpha value is -4.01. The Labute approximate surface area is 179 Å². The van der Waals surface area contributed by atoms with Crippen LogP contribution >= 0.6 is 0 Å². The zero-order valence-electron chi connectivity index (χ0n) is 17.6. The third kappa shape index (κ3) is 4.45. The molecule has 0 unspecified atom stereocenters. The second-order valence-corrected chi connectivity index (χ2v) is 6.50. The van der Waals surface area contributed by atoms with Gasteiger partial charge in [-0.05, 0) is 23.8 Å². The Morgan fingerprint density at radius 1 is 0.839 bits per heavy atom. The fourth-order valence-corrected chi connectivity index (χ4v) is 3.07. The van der Waals surface area contributed by atoms with Crippen LogP contribution in [-0.2, 0) is 16.1 Å². The van der Waals surface area contributed by atoms with Crippen molar-refractivity contribution in [2.24, 2.45) is 0 Å². The topological polar surface area (TPSA) is 103 Å². The summed E-state index contributed by atoms with van der Waals surface area (Å²) in [6.45, 7) is -0.0177. The van der Waals surface area contributed by atoms with Crippen LogP contribution in [0.2, 0.25) is 0 Å². The van der Waals surface area contributed by atoms with Crippen molar-refractivity contribution in [3.8, 4) is 23.0 Å². The van der Waals surface area contributed by atoms with E-state index < -0.39 is 17.8 Å². The summed E-state index contributed by atoms with van der Waals surface area (Å²) in [5.74, 6) is 0.260. The van der Waals surface area contributed by atoms with E-state index in [0.717, 1.165) is 4.90 Å². The van der Waals surface area contributed by atoms with Gasteiger partial charge >= 0.3 is 6.03 Å². The number of carbonyl (C=O) groups is 3. The number of barbiturate groups is 1. The first-order valence-corrected chi connectivity index (χ1v) is 9.23. The largest absolute Gasteiger partial charge is 0.497 e. The van der Waals surface area contributed by atoms with E-state index in [1.807, 2.05) is 0 Å². The van der Waals surface area contributed by atoms with E-state index in [1.54, 1.807) is 43.5 Å². The summed E-state index contributed by atoms with van der Waals surface area (Å²) in [5, 5.41) is 2.20. The quantitative estimate of drug-likeness (QED) is 0.536. The maximum atomic E-state index is 13.0. The van der Waals surface area contributed by atoms with Crippen molar-refractivity contribution >= 4 is 23.9 Å². The van der Waals surface area contributed by atoms with Gasteiger partial charge < -0.3 is 18.9 Å². The van der Waals surface area contributed by atoms with Crippen molar-refractivity contribution in [3.63, 3.8) is 0 Å². The maximum Gasteiger partial charge on any atom is 0.331 e. The lowest BCUT2D eigenvalue weighted by atomic mass is 10.0. The molecule has 2 aromatic carbocycles. The number of amides is 4. The number of carbonyl (C=O) groups excluding carboxylic acids is 3. The van der Waals surface area contributed by atoms with Gasteiger partial charge in [0, 0.05) is 12.1 Å². The molecule has 9 nitrogen and oxygen atoms in total. The van der Waals surface area contributed by atoms with E-state index in [2.05, 4.69) is 5.32 Å². The minimum atomic E-state index is -0.805. The van der Waals surface area contributed by atoms with Gasteiger partial charge in [-0.15, -0.1) is 0 Å². The van der Waals surface area contributed by atoms with Gasteiger partial charge in [0.05, 0.1) is 40.5 Å². The van der Waals surface area contributed by atoms with Crippen molar-refractivity contribution < 1.29 is 33.3 Å². The molecule has 1 N–H and O–H groups in total. The minimum absolute atomic E-state index is 0.0177. The molecule has 3 rings (SSSR count). The number of methoxy groups -OCH3 is 4. The molecule has 2 aromatic rings. The Morgan fingerprint density at radius 3 is 1.94 bits per heavy atom. The zero-order chi connectivity index (χ0) is 22.5. The summed E-state index contributed by atoms with van der Waals surface area (Å²) in [7, 11) is 5.92. The van der Waals surface area contributed by atoms with E-state index in [1.165, 1.54) is 27.4 Å². The highest BCUT2D eigenvalue weighted by Crippen LogP contribution is 2.36. The van der Waals surface area contributed by atoms with Gasteiger partial charge in [0.1, 0.15) is 28.6 Å². The molecule has 1 saturated heterocycles. The van der Waals surface area contributed by atoms with Crippen molar-refractivity contribution in [1.82, 2.24) is 10.2 Å². The second-order valence-electron chi connectivity index (χ2n) is 6.50. The third-order valence-electron chi connectivity index (χ3n) is 4.73. The Kier molecular flexibility index (Phi) is 6.44. The van der Waals surface area contributed by atoms with E-state index in [9.17, 15) is 14.4 Å². The standard InChI is InChI=1S/C22H22N2O7/c1-28-14-7-5-13(6-8-14)12-24-21(26)17(20(25)23-22(24)27)11-16-18(30-3)9-15(29-2)10-19(16)31-4/h5-11H,12H2,1-4H3,(H,23,25,27)/b17-11-. The van der Waals surface area contributed by atoms with Gasteiger partial charge in [-0.2, -0.15) is 0 Å². The molecule has 162 valence electrons. The van der Waals surface area contributed by atoms with Crippen LogP contribution in [0.25, 0.3) is 6.08 Å². The van der Waals surface area contributed by atoms with Crippen LogP contribution in [0.3, 0.4) is 0 Å². The summed E-state index contributed by atoms with van der Waals surface area (Å²) < 4.78 is 21.1. The van der Waals surface area contributed by atoms with Crippen LogP contribution in [0.15, 0.2) is 42.0 Å². The minimum Gasteiger partial charge on any atom is -0.497 e. The molecule has 1 heterocycles. The fraction of sp³-hybridized carbons (Fsp3) is 0.227. The average molecular weight is 426 g/mol. The molecule has 0 aromatic heterocycles. The first kappa shape index (κ1) is 21.7. The van der Waals surface area contributed by atoms with Crippen LogP contribution in [0, 0.1) is 0 Å². The molecule has 4 amide bonds. The molecule has 0 atom stereocenters. The van der Waals surface area contributed by atoms with Crippen LogP contribution in [0.1, 0.15) is 11.1 Å². The summed E-state index contributed by atoms with van der Waals surface area (Å²) in [4.78, 5) is 38.8. The number of rotatable bonds is 7. The van der Waals surface area contributed by atoms with Crippen LogP contribution in [-0.4, -0.2) is 51.2 Å². The number of ether oxygens (including phenoxy) is 4. The molecular weight excluding hydrogens is 404 g/mol. The molecule has 0 spiro atoms. The molecule has 0 saturated carbocycles. The lowest BCUT2D eigenvalue weighted by Gasteiger charge is -2.26. The Bertz CT molecular complexity index is 1020. The first-order valence-electron chi connectivity index (χ1n) is 9.23. The molecule has 1 fully saturated rings. The van der Waals surface area contributed by atoms with Crippen molar-refractivity contribution in [2.75, 3.05) is 28.4 Å². The van der Waals surface area contributed by atoms with Crippen molar-refractivity contribution in [3.05, 3.63) is 53.1 Å². The SMILES string of the molecule is COc1ccc(CN2C(=O)NC(=O)/C(=C/c3c(OC)cc(OC)cc3OC)C2=O)cc1. The number of urea groups is 1. The van der Waals surface area contributed by atoms with Gasteiger partial charge in [0.2, 0.25) is 0 Å². The molecule has 31 heavy (non-hydrogen) atoms. The number of imide groups is 2. The maximum absolute atomic E-state index is 13.0. The second kappa shape index (κ2) is 9.21. The normalized spacial score (nSPS) is 15.0. The van der Waals surface area contributed by atoms with Gasteiger partial charge in [-0.3, -0.25) is 19.8 Å². The molecule has 0 aliphatic carbocycles. The highest BCUT2D eigenvalue weighted by Gasteiger charge is 2.36. The van der Waals surface area contributed by atoms with Crippen LogP contribution < -0.4 is 24.3 Å². The van der Waals surface area contributed by atoms with Gasteiger partial charge in [0.25, 0.3) is 11.8 Å². The average Bonchev–Trinajstić information content (AvgIpc) is 2.79. The van der Waals surface area contributed by atoms with Gasteiger partial charge in [-0.1, -0.05) is 12.1 Å². The lowest BCUT2D eigenvalue weighted by Crippen LogP contribution is -2.53. The molecule has 0 radical (unpaired) electrons. The number of hydrogen-bond donors (Lipinski definition) is 1. The van der Waals surface area contributed by atoms with Gasteiger partial charge in [0.15, 0.2) is 0 Å². The summed E-state index contributed by atoms with van der Waals surface area (Å²) >= 11 is 0. The van der Waals surface area contributed by atoms with Crippen molar-refractivity contribution in [1.29, 1.82) is 0 Å². The van der Waals surface area contributed by atoms with E-state index in [4.69, 9.17) is 18.9 Å². The first-order chi connectivity index (χ1) is 14.9. The van der Waals surface area contributed by atoms with E-state index >= 15 is 0 Å². The van der Waals surface area contributed by atoms with Crippen LogP contribution in [0.5, 0.6) is 23.0 Å². The number of nitrogens with one attached hydrogen (secondary N) is 1. The summed E-state index contributed by atoms with van der Waals surface area (Å²) in [6, 6.07) is 9.30. The van der Waals surface area contributed by atoms with Crippen molar-refractivity contribution in [2.45, 2.75) is 6.54 Å². The predicted octanol–water partition coefficient (Wildman–Crippen LogP) is 2.38. The third-order valence-corrected chi connectivity index (χ3v) is 4.73. The molecule has 0 bridgehead atoms. The molecule has 9 heteroatoms. The van der Waals surface area contributed by atoms with Gasteiger partial charge in [-0.25, -0.2) is 4.79 Å². The predicted molar refractivity (Wildman–Crippen MR) is 111 cm³/mol. The molecule has 1 aliphatic rings. The van der Waals surface area contributed by atoms with Crippen LogP contribution in [0.4, 0.5) is 4.79 Å². The smallest absolute Gasteiger partial charge is 0.331 e. The highest BCUT2D eigenvalue weighted by molar-refractivity contribution is 6.31. The summed E-state index contributed by atoms with van der Waals surface area (Å²) in [6.07, 6.45) is 1.34. The Morgan fingerprint density at radius 2 is 1.42 bits per heavy atom. The number of nitrogens with zero attached hydrogens (tertiary/aromatic N) is 1. The molecule has 1 aliphatic heterocycles. The highest BCUT2D eigenvalue weighted by atomic mass is 16.5. The molecular formula is C22H22N2O7. The number of hydrogen-bond acceptors (Lipinski definition) is 7. The van der Waals surface area contributed by atoms with E-state index in [-0.39, 0.29) is 12.1 Å². The van der Waals surface area contributed by atoms with E-state index in [0.29, 0.717) is 34.1 Å². The lowest BCUT2D eigenvalue weighted by molar-refractivity contribution is -0.130. The Balaban J connectivity index is 1.99. The number of benzene rings is 2. The fourth-order valence-electron chi connectivity index (χ4n) is 3.07. The summed E-state index contributed by atoms with van der Waals surface area (Å²) in [5.41, 5.74) is 0.829. The monoisotopic (exact) mass is 426 g/mol.